The molecule has 2 amide bonds. The number of nitrogens with zero attached hydrogens (tertiary/aromatic N) is 2. The number of fused-ring (bicyclic) bond motifs is 1. The third-order valence-electron chi connectivity index (χ3n) is 4.20. The zero-order valence-electron chi connectivity index (χ0n) is 12.5. The number of aryl methyl sites for hydroxylation is 1. The Bertz CT molecular complexity index is 596. The highest BCUT2D eigenvalue weighted by atomic mass is 32.2. The van der Waals surface area contributed by atoms with Crippen molar-refractivity contribution in [2.75, 3.05) is 12.3 Å². The van der Waals surface area contributed by atoms with Crippen LogP contribution in [0, 0.1) is 6.92 Å². The van der Waals surface area contributed by atoms with Crippen LogP contribution in [-0.2, 0) is 22.6 Å². The summed E-state index contributed by atoms with van der Waals surface area (Å²) < 4.78 is -0.451. The topological polar surface area (TPSA) is 78.1 Å². The summed E-state index contributed by atoms with van der Waals surface area (Å²) in [6, 6.07) is -0.413. The van der Waals surface area contributed by atoms with E-state index < -0.39 is 10.8 Å². The number of H-pyrrole nitrogens is 1. The van der Waals surface area contributed by atoms with E-state index in [1.165, 1.54) is 0 Å². The van der Waals surface area contributed by atoms with E-state index in [0.29, 0.717) is 18.8 Å². The van der Waals surface area contributed by atoms with Gasteiger partial charge in [0.25, 0.3) is 0 Å². The number of aromatic amines is 1. The molecule has 6 nitrogen and oxygen atoms in total. The lowest BCUT2D eigenvalue weighted by atomic mass is 10.0. The van der Waals surface area contributed by atoms with Gasteiger partial charge in [-0.15, -0.1) is 11.8 Å². The molecule has 3 heterocycles. The molecule has 0 radical (unpaired) electrons. The number of amides is 2. The maximum absolute atomic E-state index is 12.6. The Morgan fingerprint density at radius 3 is 2.95 bits per heavy atom. The molecule has 0 saturated carbocycles. The molecule has 7 heteroatoms. The third-order valence-corrected chi connectivity index (χ3v) is 5.61. The molecule has 0 spiro atoms. The number of carbonyl (C=O) groups is 2. The van der Waals surface area contributed by atoms with Crippen LogP contribution in [0.1, 0.15) is 30.8 Å². The van der Waals surface area contributed by atoms with Crippen LogP contribution in [0.2, 0.25) is 0 Å². The van der Waals surface area contributed by atoms with Crippen molar-refractivity contribution >= 4 is 23.6 Å². The van der Waals surface area contributed by atoms with E-state index in [-0.39, 0.29) is 11.8 Å². The molecule has 21 heavy (non-hydrogen) atoms. The van der Waals surface area contributed by atoms with Gasteiger partial charge < -0.3 is 10.2 Å². The normalized spacial score (nSPS) is 24.4. The van der Waals surface area contributed by atoms with Crippen molar-refractivity contribution in [1.82, 2.24) is 20.4 Å². The molecule has 0 unspecified atom stereocenters. The first-order chi connectivity index (χ1) is 9.88. The summed E-state index contributed by atoms with van der Waals surface area (Å²) in [6.07, 6.45) is 0.769. The summed E-state index contributed by atoms with van der Waals surface area (Å²) in [5.41, 5.74) is 3.19. The van der Waals surface area contributed by atoms with Crippen LogP contribution in [0.3, 0.4) is 0 Å². The van der Waals surface area contributed by atoms with Crippen LogP contribution < -0.4 is 5.32 Å². The van der Waals surface area contributed by atoms with Crippen molar-refractivity contribution in [3.05, 3.63) is 17.0 Å². The van der Waals surface area contributed by atoms with Gasteiger partial charge in [0.1, 0.15) is 6.04 Å². The Hall–Kier alpha value is -1.50. The fourth-order valence-corrected chi connectivity index (χ4v) is 3.70. The molecule has 2 aliphatic rings. The highest BCUT2D eigenvalue weighted by molar-refractivity contribution is 8.01. The van der Waals surface area contributed by atoms with Gasteiger partial charge in [0.2, 0.25) is 11.8 Å². The van der Waals surface area contributed by atoms with Crippen molar-refractivity contribution in [3.63, 3.8) is 0 Å². The van der Waals surface area contributed by atoms with Crippen LogP contribution in [0.25, 0.3) is 0 Å². The van der Waals surface area contributed by atoms with Crippen molar-refractivity contribution in [2.45, 2.75) is 44.5 Å². The van der Waals surface area contributed by atoms with Gasteiger partial charge in [-0.3, -0.25) is 14.7 Å². The first-order valence-corrected chi connectivity index (χ1v) is 8.13. The van der Waals surface area contributed by atoms with Crippen LogP contribution >= 0.6 is 11.8 Å². The predicted molar refractivity (Wildman–Crippen MR) is 80.9 cm³/mol. The van der Waals surface area contributed by atoms with Crippen molar-refractivity contribution in [1.29, 1.82) is 0 Å². The fourth-order valence-electron chi connectivity index (χ4n) is 2.70. The first-order valence-electron chi connectivity index (χ1n) is 7.15. The Kier molecular flexibility index (Phi) is 3.47. The highest BCUT2D eigenvalue weighted by Crippen LogP contribution is 2.30. The standard InChI is InChI=1S/C14H20N4O2S/c1-8-9-6-18(5-4-10(9)17-16-8)12(19)11-7-21-14(2,3)13(20)15-11/h11H,4-7H2,1-3H3,(H,15,20)(H,16,17)/t11-/m1/s1. The molecule has 1 aromatic rings. The predicted octanol–water partition coefficient (Wildman–Crippen LogP) is 0.613. The van der Waals surface area contributed by atoms with E-state index in [2.05, 4.69) is 15.5 Å². The summed E-state index contributed by atoms with van der Waals surface area (Å²) in [5, 5.41) is 10.1. The van der Waals surface area contributed by atoms with Gasteiger partial charge in [-0.05, 0) is 20.8 Å². The average Bonchev–Trinajstić information content (AvgIpc) is 2.82. The summed E-state index contributed by atoms with van der Waals surface area (Å²) in [6.45, 7) is 6.99. The van der Waals surface area contributed by atoms with Gasteiger partial charge >= 0.3 is 0 Å². The largest absolute Gasteiger partial charge is 0.342 e. The molecule has 1 atom stereocenters. The molecule has 0 bridgehead atoms. The van der Waals surface area contributed by atoms with E-state index in [9.17, 15) is 9.59 Å². The first kappa shape index (κ1) is 14.4. The molecule has 114 valence electrons. The van der Waals surface area contributed by atoms with Gasteiger partial charge in [-0.2, -0.15) is 5.10 Å². The van der Waals surface area contributed by atoms with E-state index >= 15 is 0 Å². The Morgan fingerprint density at radius 1 is 1.48 bits per heavy atom. The summed E-state index contributed by atoms with van der Waals surface area (Å²) in [5.74, 6) is 0.581. The molecule has 1 aromatic heterocycles. The second-order valence-electron chi connectivity index (χ2n) is 6.13. The molecule has 0 aromatic carbocycles. The fraction of sp³-hybridized carbons (Fsp3) is 0.643. The quantitative estimate of drug-likeness (QED) is 0.797. The van der Waals surface area contributed by atoms with Crippen LogP contribution in [0.5, 0.6) is 0 Å². The molecular formula is C14H20N4O2S. The van der Waals surface area contributed by atoms with Gasteiger partial charge in [0.15, 0.2) is 0 Å². The maximum atomic E-state index is 12.6. The van der Waals surface area contributed by atoms with E-state index in [1.54, 1.807) is 11.8 Å². The number of rotatable bonds is 1. The Morgan fingerprint density at radius 2 is 2.24 bits per heavy atom. The molecule has 1 saturated heterocycles. The molecular weight excluding hydrogens is 288 g/mol. The van der Waals surface area contributed by atoms with E-state index in [0.717, 1.165) is 23.4 Å². The smallest absolute Gasteiger partial charge is 0.246 e. The van der Waals surface area contributed by atoms with Crippen LogP contribution in [0.4, 0.5) is 0 Å². The minimum absolute atomic E-state index is 0.0117. The average molecular weight is 308 g/mol. The Labute approximate surface area is 128 Å². The minimum atomic E-state index is -0.451. The maximum Gasteiger partial charge on any atom is 0.246 e. The molecule has 1 fully saturated rings. The van der Waals surface area contributed by atoms with Gasteiger partial charge in [0, 0.05) is 36.5 Å². The highest BCUT2D eigenvalue weighted by Gasteiger charge is 2.39. The second kappa shape index (κ2) is 5.05. The Balaban J connectivity index is 1.70. The number of aromatic nitrogens is 2. The zero-order valence-corrected chi connectivity index (χ0v) is 13.3. The number of carbonyl (C=O) groups excluding carboxylic acids is 2. The van der Waals surface area contributed by atoms with Crippen LogP contribution in [0.15, 0.2) is 0 Å². The van der Waals surface area contributed by atoms with Crippen molar-refractivity contribution in [2.24, 2.45) is 0 Å². The molecule has 0 aliphatic carbocycles. The third kappa shape index (κ3) is 2.54. The SMILES string of the molecule is Cc1[nH]nc2c1CN(C(=O)[C@H]1CSC(C)(C)C(=O)N1)CC2. The molecule has 3 rings (SSSR count). The van der Waals surface area contributed by atoms with Gasteiger partial charge in [0.05, 0.1) is 10.4 Å². The van der Waals surface area contributed by atoms with Gasteiger partial charge in [-0.25, -0.2) is 0 Å². The van der Waals surface area contributed by atoms with Crippen LogP contribution in [-0.4, -0.2) is 50.0 Å². The summed E-state index contributed by atoms with van der Waals surface area (Å²) in [4.78, 5) is 26.5. The zero-order chi connectivity index (χ0) is 15.2. The molecule has 2 N–H and O–H groups in total. The lowest BCUT2D eigenvalue weighted by molar-refractivity contribution is -0.137. The number of nitrogens with one attached hydrogen (secondary N) is 2. The number of hydrogen-bond acceptors (Lipinski definition) is 4. The van der Waals surface area contributed by atoms with E-state index in [1.807, 2.05) is 25.7 Å². The number of hydrogen-bond donors (Lipinski definition) is 2. The minimum Gasteiger partial charge on any atom is -0.342 e. The van der Waals surface area contributed by atoms with E-state index in [4.69, 9.17) is 0 Å². The summed E-state index contributed by atoms with van der Waals surface area (Å²) >= 11 is 1.54. The molecule has 2 aliphatic heterocycles. The summed E-state index contributed by atoms with van der Waals surface area (Å²) in [7, 11) is 0. The van der Waals surface area contributed by atoms with Crippen molar-refractivity contribution < 1.29 is 9.59 Å². The number of thioether (sulfide) groups is 1. The lowest BCUT2D eigenvalue weighted by Gasteiger charge is -2.36. The van der Waals surface area contributed by atoms with Crippen molar-refractivity contribution in [3.8, 4) is 0 Å². The van der Waals surface area contributed by atoms with Gasteiger partial charge in [-0.1, -0.05) is 0 Å². The lowest BCUT2D eigenvalue weighted by Crippen LogP contribution is -2.58. The second-order valence-corrected chi connectivity index (χ2v) is 7.77. The monoisotopic (exact) mass is 308 g/mol.